The molecular weight excluding hydrogens is 287 g/mol. The minimum absolute atomic E-state index is 0.0368. The number of benzene rings is 2. The molecule has 8 heteroatoms. The molecule has 2 aromatic carbocycles. The second kappa shape index (κ2) is 5.72. The molecule has 0 fully saturated rings. The average Bonchev–Trinajstić information content (AvgIpc) is 2.42. The number of nitrogens with zero attached hydrogens (tertiary/aromatic N) is 1. The van der Waals surface area contributed by atoms with Crippen LogP contribution < -0.4 is 16.6 Å². The normalized spacial score (nSPS) is 10.2. The third kappa shape index (κ3) is 2.79. The average molecular weight is 297 g/mol. The van der Waals surface area contributed by atoms with Crippen LogP contribution >= 0.6 is 11.6 Å². The van der Waals surface area contributed by atoms with Gasteiger partial charge in [-0.15, -0.1) is 0 Å². The lowest BCUT2D eigenvalue weighted by atomic mass is 10.2. The second-order valence-electron chi connectivity index (χ2n) is 3.85. The van der Waals surface area contributed by atoms with Crippen LogP contribution in [0.3, 0.4) is 0 Å². The van der Waals surface area contributed by atoms with Crippen molar-refractivity contribution in [2.24, 2.45) is 5.84 Å². The Balaban J connectivity index is 2.48. The van der Waals surface area contributed by atoms with Crippen molar-refractivity contribution < 1.29 is 9.31 Å². The lowest BCUT2D eigenvalue weighted by Crippen LogP contribution is -2.10. The zero-order valence-corrected chi connectivity index (χ0v) is 10.8. The molecule has 0 saturated carbocycles. The molecule has 2 aromatic rings. The Morgan fingerprint density at radius 3 is 2.55 bits per heavy atom. The number of nitrogen functional groups attached to an aromatic ring is 1. The van der Waals surface area contributed by atoms with Gasteiger partial charge in [-0.3, -0.25) is 16.0 Å². The lowest BCUT2D eigenvalue weighted by Gasteiger charge is -2.10. The predicted molar refractivity (Wildman–Crippen MR) is 75.6 cm³/mol. The Kier molecular flexibility index (Phi) is 4.02. The van der Waals surface area contributed by atoms with E-state index in [1.807, 2.05) is 0 Å². The van der Waals surface area contributed by atoms with E-state index in [9.17, 15) is 14.5 Å². The largest absolute Gasteiger partial charge is 0.347 e. The molecule has 0 bridgehead atoms. The van der Waals surface area contributed by atoms with Crippen LogP contribution in [0.15, 0.2) is 36.4 Å². The van der Waals surface area contributed by atoms with Crippen LogP contribution in [0.5, 0.6) is 0 Å². The highest BCUT2D eigenvalue weighted by Gasteiger charge is 2.20. The first-order chi connectivity index (χ1) is 9.52. The van der Waals surface area contributed by atoms with Crippen molar-refractivity contribution in [1.82, 2.24) is 0 Å². The summed E-state index contributed by atoms with van der Waals surface area (Å²) in [6, 6.07) is 8.32. The molecule has 6 nitrogen and oxygen atoms in total. The maximum absolute atomic E-state index is 13.6. The first kappa shape index (κ1) is 14.0. The van der Waals surface area contributed by atoms with Crippen LogP contribution in [0, 0.1) is 15.9 Å². The van der Waals surface area contributed by atoms with Gasteiger partial charge in [0, 0.05) is 5.02 Å². The maximum atomic E-state index is 13.6. The summed E-state index contributed by atoms with van der Waals surface area (Å²) in [5.41, 5.74) is 2.20. The third-order valence-electron chi connectivity index (χ3n) is 2.57. The van der Waals surface area contributed by atoms with Crippen molar-refractivity contribution in [1.29, 1.82) is 0 Å². The molecule has 20 heavy (non-hydrogen) atoms. The number of anilines is 3. The van der Waals surface area contributed by atoms with Crippen molar-refractivity contribution in [2.75, 3.05) is 10.7 Å². The number of hydrazine groups is 1. The topological polar surface area (TPSA) is 93.2 Å². The van der Waals surface area contributed by atoms with Gasteiger partial charge in [-0.25, -0.2) is 4.39 Å². The third-order valence-corrected chi connectivity index (χ3v) is 2.81. The second-order valence-corrected chi connectivity index (χ2v) is 4.29. The van der Waals surface area contributed by atoms with Gasteiger partial charge in [-0.1, -0.05) is 17.7 Å². The van der Waals surface area contributed by atoms with Crippen LogP contribution in [0.25, 0.3) is 0 Å². The van der Waals surface area contributed by atoms with E-state index in [-0.39, 0.29) is 22.7 Å². The highest BCUT2D eigenvalue weighted by atomic mass is 35.5. The molecule has 0 amide bonds. The molecule has 0 radical (unpaired) electrons. The maximum Gasteiger partial charge on any atom is 0.316 e. The first-order valence-electron chi connectivity index (χ1n) is 5.49. The van der Waals surface area contributed by atoms with Gasteiger partial charge in [0.1, 0.15) is 17.2 Å². The Bertz CT molecular complexity index is 666. The fraction of sp³-hybridized carbons (Fsp3) is 0. The van der Waals surface area contributed by atoms with E-state index >= 15 is 0 Å². The molecule has 4 N–H and O–H groups in total. The molecule has 0 saturated heterocycles. The molecular formula is C12H10ClFN4O2. The van der Waals surface area contributed by atoms with Gasteiger partial charge in [-0.2, -0.15) is 0 Å². The summed E-state index contributed by atoms with van der Waals surface area (Å²) in [5.74, 6) is 4.65. The minimum atomic E-state index is -0.611. The Morgan fingerprint density at radius 1 is 1.20 bits per heavy atom. The standard InChI is InChI=1S/C12H10ClFN4O2/c13-7-4-5-8(14)11(6-7)16-9-2-1-3-10(17-15)12(9)18(19)20/h1-6,16-17H,15H2. The Morgan fingerprint density at radius 2 is 1.90 bits per heavy atom. The van der Waals surface area contributed by atoms with Gasteiger partial charge in [-0.05, 0) is 30.3 Å². The van der Waals surface area contributed by atoms with Gasteiger partial charge in [0.25, 0.3) is 0 Å². The SMILES string of the molecule is NNc1cccc(Nc2cc(Cl)ccc2F)c1[N+](=O)[O-]. The molecule has 0 aromatic heterocycles. The van der Waals surface area contributed by atoms with Crippen LogP contribution in [-0.2, 0) is 0 Å². The molecule has 0 heterocycles. The van der Waals surface area contributed by atoms with Gasteiger partial charge in [0.2, 0.25) is 0 Å². The van der Waals surface area contributed by atoms with E-state index in [1.54, 1.807) is 6.07 Å². The fourth-order valence-electron chi connectivity index (χ4n) is 1.70. The van der Waals surface area contributed by atoms with Crippen molar-refractivity contribution in [3.63, 3.8) is 0 Å². The molecule has 0 unspecified atom stereocenters. The predicted octanol–water partition coefficient (Wildman–Crippen LogP) is 3.42. The van der Waals surface area contributed by atoms with Crippen LogP contribution in [-0.4, -0.2) is 4.92 Å². The summed E-state index contributed by atoms with van der Waals surface area (Å²) in [6.45, 7) is 0. The zero-order valence-electron chi connectivity index (χ0n) is 10.1. The number of nitrogens with two attached hydrogens (primary N) is 1. The molecule has 0 aliphatic rings. The molecule has 0 spiro atoms. The van der Waals surface area contributed by atoms with E-state index in [0.29, 0.717) is 5.02 Å². The molecule has 104 valence electrons. The van der Waals surface area contributed by atoms with Crippen LogP contribution in [0.2, 0.25) is 5.02 Å². The summed E-state index contributed by atoms with van der Waals surface area (Å²) in [7, 11) is 0. The smallest absolute Gasteiger partial charge is 0.316 e. The highest BCUT2D eigenvalue weighted by Crippen LogP contribution is 2.35. The van der Waals surface area contributed by atoms with Crippen LogP contribution in [0.1, 0.15) is 0 Å². The zero-order chi connectivity index (χ0) is 14.7. The number of nitro groups is 1. The number of nitrogens with one attached hydrogen (secondary N) is 2. The van der Waals surface area contributed by atoms with Crippen molar-refractivity contribution >= 4 is 34.4 Å². The van der Waals surface area contributed by atoms with Gasteiger partial charge >= 0.3 is 5.69 Å². The molecule has 0 aliphatic heterocycles. The van der Waals surface area contributed by atoms with E-state index in [1.165, 1.54) is 30.3 Å². The molecule has 0 aliphatic carbocycles. The summed E-state index contributed by atoms with van der Waals surface area (Å²) < 4.78 is 13.6. The number of hydrogen-bond donors (Lipinski definition) is 3. The summed E-state index contributed by atoms with van der Waals surface area (Å²) >= 11 is 5.77. The van der Waals surface area contributed by atoms with E-state index in [4.69, 9.17) is 17.4 Å². The van der Waals surface area contributed by atoms with E-state index < -0.39 is 10.7 Å². The monoisotopic (exact) mass is 296 g/mol. The number of hydrogen-bond acceptors (Lipinski definition) is 5. The number of para-hydroxylation sites is 1. The van der Waals surface area contributed by atoms with Crippen molar-refractivity contribution in [3.8, 4) is 0 Å². The summed E-state index contributed by atoms with van der Waals surface area (Å²) in [6.07, 6.45) is 0. The Hall–Kier alpha value is -2.38. The van der Waals surface area contributed by atoms with E-state index in [2.05, 4.69) is 10.7 Å². The van der Waals surface area contributed by atoms with Crippen molar-refractivity contribution in [3.05, 3.63) is 57.4 Å². The first-order valence-corrected chi connectivity index (χ1v) is 5.87. The number of nitro benzene ring substituents is 1. The highest BCUT2D eigenvalue weighted by molar-refractivity contribution is 6.30. The molecule has 0 atom stereocenters. The van der Waals surface area contributed by atoms with Gasteiger partial charge < -0.3 is 10.7 Å². The van der Waals surface area contributed by atoms with E-state index in [0.717, 1.165) is 0 Å². The van der Waals surface area contributed by atoms with Gasteiger partial charge in [0.05, 0.1) is 10.6 Å². The van der Waals surface area contributed by atoms with Crippen LogP contribution in [0.4, 0.5) is 27.1 Å². The van der Waals surface area contributed by atoms with Crippen molar-refractivity contribution in [2.45, 2.75) is 0 Å². The Labute approximate surface area is 118 Å². The lowest BCUT2D eigenvalue weighted by molar-refractivity contribution is -0.383. The number of halogens is 2. The quantitative estimate of drug-likeness (QED) is 0.456. The number of rotatable bonds is 4. The fourth-order valence-corrected chi connectivity index (χ4v) is 1.87. The minimum Gasteiger partial charge on any atom is -0.347 e. The summed E-state index contributed by atoms with van der Waals surface area (Å²) in [4.78, 5) is 10.5. The van der Waals surface area contributed by atoms with Gasteiger partial charge in [0.15, 0.2) is 0 Å². The summed E-state index contributed by atoms with van der Waals surface area (Å²) in [5, 5.41) is 14.0. The molecule has 2 rings (SSSR count).